The van der Waals surface area contributed by atoms with Crippen LogP contribution in [0.3, 0.4) is 0 Å². The molecule has 4 rings (SSSR count). The molecular weight excluding hydrogens is 412 g/mol. The molecule has 0 spiro atoms. The van der Waals surface area contributed by atoms with Crippen LogP contribution in [0.2, 0.25) is 0 Å². The first-order valence-electron chi connectivity index (χ1n) is 11.8. The van der Waals surface area contributed by atoms with Gasteiger partial charge in [-0.05, 0) is 53.7 Å². The molecule has 0 aromatic carbocycles. The quantitative estimate of drug-likeness (QED) is 0.415. The van der Waals surface area contributed by atoms with E-state index in [0.29, 0.717) is 11.5 Å². The third-order valence-electron chi connectivity index (χ3n) is 8.33. The molecule has 32 heavy (non-hydrogen) atoms. The number of hydrogen-bond donors (Lipinski definition) is 5. The van der Waals surface area contributed by atoms with E-state index in [1.165, 1.54) is 16.7 Å². The van der Waals surface area contributed by atoms with Crippen LogP contribution in [0, 0.1) is 16.7 Å². The lowest BCUT2D eigenvalue weighted by molar-refractivity contribution is -0.291. The topological polar surface area (TPSA) is 120 Å². The Morgan fingerprint density at radius 2 is 1.75 bits per heavy atom. The Morgan fingerprint density at radius 1 is 1.03 bits per heavy atom. The van der Waals surface area contributed by atoms with Crippen LogP contribution >= 0.6 is 0 Å². The molecule has 3 aliphatic carbocycles. The highest BCUT2D eigenvalue weighted by atomic mass is 16.7. The molecule has 180 valence electrons. The van der Waals surface area contributed by atoms with Crippen molar-refractivity contribution >= 4 is 0 Å². The van der Waals surface area contributed by atoms with Gasteiger partial charge in [-0.15, -0.1) is 0 Å². The molecule has 1 saturated carbocycles. The minimum atomic E-state index is -1.61. The molecular formula is C25H38O7. The molecule has 1 heterocycles. The smallest absolute Gasteiger partial charge is 0.186 e. The molecule has 0 aromatic heterocycles. The summed E-state index contributed by atoms with van der Waals surface area (Å²) in [5, 5.41) is 50.4. The summed E-state index contributed by atoms with van der Waals surface area (Å²) >= 11 is 0. The highest BCUT2D eigenvalue weighted by Gasteiger charge is 2.53. The fraction of sp³-hybridized carbons (Fsp3) is 0.760. The molecule has 4 aliphatic rings. The molecule has 0 unspecified atom stereocenters. The van der Waals surface area contributed by atoms with Gasteiger partial charge < -0.3 is 35.0 Å². The van der Waals surface area contributed by atoms with Gasteiger partial charge in [0, 0.05) is 11.8 Å². The summed E-state index contributed by atoms with van der Waals surface area (Å²) in [4.78, 5) is 0. The molecule has 1 aliphatic heterocycles. The molecule has 5 N–H and O–H groups in total. The van der Waals surface area contributed by atoms with Gasteiger partial charge in [0.1, 0.15) is 18.3 Å². The summed E-state index contributed by atoms with van der Waals surface area (Å²) < 4.78 is 11.8. The Balaban J connectivity index is 1.75. The average molecular weight is 451 g/mol. The minimum absolute atomic E-state index is 0.0901. The molecule has 0 radical (unpaired) electrons. The van der Waals surface area contributed by atoms with Crippen molar-refractivity contribution < 1.29 is 35.0 Å². The Hall–Kier alpha value is -1.06. The van der Waals surface area contributed by atoms with Crippen LogP contribution in [-0.4, -0.2) is 69.1 Å². The Labute approximate surface area is 190 Å². The summed E-state index contributed by atoms with van der Waals surface area (Å²) in [7, 11) is 0. The van der Waals surface area contributed by atoms with Crippen LogP contribution in [0.25, 0.3) is 0 Å². The third kappa shape index (κ3) is 3.92. The van der Waals surface area contributed by atoms with Crippen LogP contribution < -0.4 is 0 Å². The van der Waals surface area contributed by atoms with Gasteiger partial charge in [0.05, 0.1) is 12.7 Å². The first-order valence-corrected chi connectivity index (χ1v) is 11.8. The van der Waals surface area contributed by atoms with Gasteiger partial charge in [0.2, 0.25) is 0 Å². The van der Waals surface area contributed by atoms with Gasteiger partial charge in [-0.2, -0.15) is 0 Å². The number of hydrogen-bond acceptors (Lipinski definition) is 7. The van der Waals surface area contributed by atoms with E-state index in [1.54, 1.807) is 6.08 Å². The molecule has 7 nitrogen and oxygen atoms in total. The van der Waals surface area contributed by atoms with Crippen molar-refractivity contribution in [3.63, 3.8) is 0 Å². The lowest BCUT2D eigenvalue weighted by atomic mass is 9.57. The van der Waals surface area contributed by atoms with Crippen LogP contribution in [0.15, 0.2) is 34.4 Å². The Bertz CT molecular complexity index is 828. The monoisotopic (exact) mass is 450 g/mol. The maximum atomic E-state index is 10.5. The Morgan fingerprint density at radius 3 is 2.41 bits per heavy atom. The predicted molar refractivity (Wildman–Crippen MR) is 118 cm³/mol. The highest BCUT2D eigenvalue weighted by Crippen LogP contribution is 2.62. The Kier molecular flexibility index (Phi) is 6.48. The van der Waals surface area contributed by atoms with Crippen molar-refractivity contribution in [3.05, 3.63) is 34.4 Å². The van der Waals surface area contributed by atoms with E-state index in [0.717, 1.165) is 25.7 Å². The van der Waals surface area contributed by atoms with E-state index in [-0.39, 0.29) is 18.4 Å². The maximum Gasteiger partial charge on any atom is 0.186 e. The normalized spacial score (nSPS) is 42.5. The number of fused-ring (bicyclic) bond motifs is 3. The maximum absolute atomic E-state index is 10.5. The van der Waals surface area contributed by atoms with Crippen molar-refractivity contribution in [1.82, 2.24) is 0 Å². The van der Waals surface area contributed by atoms with Crippen molar-refractivity contribution in [2.24, 2.45) is 16.7 Å². The number of rotatable bonds is 4. The molecule has 7 atom stereocenters. The summed E-state index contributed by atoms with van der Waals surface area (Å²) in [5.41, 5.74) is 4.09. The zero-order chi connectivity index (χ0) is 23.4. The van der Waals surface area contributed by atoms with Gasteiger partial charge in [-0.25, -0.2) is 0 Å². The number of aliphatic hydroxyl groups excluding tert-OH is 4. The number of allylic oxidation sites excluding steroid dienone is 4. The number of aliphatic hydroxyl groups is 5. The lowest BCUT2D eigenvalue weighted by Gasteiger charge is -2.50. The first kappa shape index (κ1) is 24.1. The molecule has 0 amide bonds. The highest BCUT2D eigenvalue weighted by molar-refractivity contribution is 5.52. The fourth-order valence-corrected chi connectivity index (χ4v) is 6.09. The van der Waals surface area contributed by atoms with Crippen LogP contribution in [0.1, 0.15) is 59.8 Å². The van der Waals surface area contributed by atoms with Gasteiger partial charge in [0.15, 0.2) is 12.6 Å². The van der Waals surface area contributed by atoms with Crippen molar-refractivity contribution in [3.8, 4) is 0 Å². The zero-order valence-corrected chi connectivity index (χ0v) is 19.5. The average Bonchev–Trinajstić information content (AvgIpc) is 3.01. The van der Waals surface area contributed by atoms with Crippen LogP contribution in [0.5, 0.6) is 0 Å². The largest absolute Gasteiger partial charge is 0.388 e. The van der Waals surface area contributed by atoms with Crippen LogP contribution in [0.4, 0.5) is 0 Å². The summed E-state index contributed by atoms with van der Waals surface area (Å²) in [6.07, 6.45) is 0.981. The third-order valence-corrected chi connectivity index (χ3v) is 8.33. The second kappa shape index (κ2) is 8.62. The van der Waals surface area contributed by atoms with Gasteiger partial charge >= 0.3 is 0 Å². The standard InChI is InChI=1S/C25H38O7/c1-13(2)15-7-8-24(3)9-10-25(4)16(19(15)24)6-5-14(22(29)30)11-18(25)32-23-21(28)20(27)17(26)12-31-23/h5-6,13,17-18,20-23,26-30H,7-12H2,1-4H3/t17-,18+,20+,21-,23+,24-,25-/m1/s1. The van der Waals surface area contributed by atoms with Crippen molar-refractivity contribution in [2.45, 2.75) is 96.8 Å². The van der Waals surface area contributed by atoms with Gasteiger partial charge in [-0.3, -0.25) is 0 Å². The van der Waals surface area contributed by atoms with E-state index >= 15 is 0 Å². The first-order chi connectivity index (χ1) is 15.0. The zero-order valence-electron chi connectivity index (χ0n) is 19.5. The number of ether oxygens (including phenoxy) is 2. The minimum Gasteiger partial charge on any atom is -0.388 e. The molecule has 7 heteroatoms. The molecule has 1 saturated heterocycles. The van der Waals surface area contributed by atoms with E-state index in [9.17, 15) is 25.5 Å². The van der Waals surface area contributed by atoms with E-state index in [1.807, 2.05) is 6.08 Å². The second-order valence-corrected chi connectivity index (χ2v) is 10.8. The fourth-order valence-electron chi connectivity index (χ4n) is 6.09. The summed E-state index contributed by atoms with van der Waals surface area (Å²) in [6.45, 7) is 8.79. The molecule has 0 aromatic rings. The van der Waals surface area contributed by atoms with Crippen molar-refractivity contribution in [1.29, 1.82) is 0 Å². The summed E-state index contributed by atoms with van der Waals surface area (Å²) in [5.74, 6) is 0.421. The lowest BCUT2D eigenvalue weighted by Crippen LogP contribution is -2.56. The van der Waals surface area contributed by atoms with Crippen molar-refractivity contribution in [2.75, 3.05) is 6.61 Å². The van der Waals surface area contributed by atoms with E-state index in [4.69, 9.17) is 9.47 Å². The second-order valence-electron chi connectivity index (χ2n) is 10.8. The van der Waals surface area contributed by atoms with Gasteiger partial charge in [0.25, 0.3) is 0 Å². The van der Waals surface area contributed by atoms with Crippen LogP contribution in [-0.2, 0) is 9.47 Å². The van der Waals surface area contributed by atoms with E-state index in [2.05, 4.69) is 27.7 Å². The molecule has 2 fully saturated rings. The van der Waals surface area contributed by atoms with Gasteiger partial charge in [-0.1, -0.05) is 45.4 Å². The SMILES string of the molecule is CC(C)C1=C2C3=CC=C(C(O)O)C[C@H](O[C@@H]4OC[C@@H](O)[C@H](O)[C@H]4O)[C@]3(C)CC[C@@]2(C)CC1. The predicted octanol–water partition coefficient (Wildman–Crippen LogP) is 1.93. The van der Waals surface area contributed by atoms with E-state index < -0.39 is 42.4 Å². The molecule has 0 bridgehead atoms. The summed E-state index contributed by atoms with van der Waals surface area (Å²) in [6, 6.07) is 0.